The smallest absolute Gasteiger partial charge is 0.251 e. The summed E-state index contributed by atoms with van der Waals surface area (Å²) in [6, 6.07) is 2.28. The number of hydrogen-bond acceptors (Lipinski definition) is 2. The van der Waals surface area contributed by atoms with E-state index in [2.05, 4.69) is 4.98 Å². The monoisotopic (exact) mass is 221 g/mol. The van der Waals surface area contributed by atoms with Crippen molar-refractivity contribution in [3.8, 4) is 0 Å². The third-order valence-corrected chi connectivity index (χ3v) is 2.35. The molecule has 0 fully saturated rings. The van der Waals surface area contributed by atoms with E-state index < -0.39 is 11.9 Å². The second-order valence-electron chi connectivity index (χ2n) is 2.73. The van der Waals surface area contributed by atoms with Gasteiger partial charge in [-0.1, -0.05) is 0 Å². The Morgan fingerprint density at radius 3 is 2.43 bits per heavy atom. The maximum atomic E-state index is 12.1. The highest BCUT2D eigenvalue weighted by Gasteiger charge is 2.32. The summed E-state index contributed by atoms with van der Waals surface area (Å²) in [6.45, 7) is 1.74. The van der Waals surface area contributed by atoms with E-state index in [0.717, 1.165) is 23.8 Å². The van der Waals surface area contributed by atoms with Crippen LogP contribution in [-0.2, 0) is 17.7 Å². The minimum absolute atomic E-state index is 0.162. The summed E-state index contributed by atoms with van der Waals surface area (Å²) in [5, 5.41) is -0.162. The molecule has 0 radical (unpaired) electrons. The molecular formula is C8H8F3N2S+. The number of alkyl halides is 3. The number of hydrogen-bond donors (Lipinski definition) is 1. The van der Waals surface area contributed by atoms with Gasteiger partial charge in [0.2, 0.25) is 5.25 Å². The molecule has 0 saturated heterocycles. The molecule has 14 heavy (non-hydrogen) atoms. The zero-order valence-corrected chi connectivity index (χ0v) is 8.12. The number of halogens is 3. The van der Waals surface area contributed by atoms with Crippen molar-refractivity contribution in [1.82, 2.24) is 4.98 Å². The zero-order valence-electron chi connectivity index (χ0n) is 7.30. The van der Waals surface area contributed by atoms with Crippen LogP contribution in [0.1, 0.15) is 23.4 Å². The van der Waals surface area contributed by atoms with Crippen molar-refractivity contribution in [1.29, 1.82) is 4.78 Å². The van der Waals surface area contributed by atoms with Gasteiger partial charge in [0.1, 0.15) is 5.69 Å². The summed E-state index contributed by atoms with van der Waals surface area (Å²) in [6.07, 6.45) is -3.23. The molecule has 1 N–H and O–H groups in total. The van der Waals surface area contributed by atoms with Gasteiger partial charge in [-0.2, -0.15) is 13.2 Å². The molecule has 0 saturated carbocycles. The van der Waals surface area contributed by atoms with Gasteiger partial charge in [0.15, 0.2) is 0 Å². The van der Waals surface area contributed by atoms with Crippen LogP contribution in [0.3, 0.4) is 0 Å². The average Bonchev–Trinajstić information content (AvgIpc) is 2.15. The lowest BCUT2D eigenvalue weighted by Gasteiger charge is -2.05. The van der Waals surface area contributed by atoms with E-state index in [-0.39, 0.29) is 5.25 Å². The summed E-state index contributed by atoms with van der Waals surface area (Å²) in [5.74, 6) is 0. The molecule has 1 unspecified atom stereocenters. The maximum Gasteiger partial charge on any atom is 0.433 e. The van der Waals surface area contributed by atoms with Gasteiger partial charge in [-0.3, -0.25) is 4.98 Å². The molecule has 6 heteroatoms. The van der Waals surface area contributed by atoms with Crippen LogP contribution >= 0.6 is 0 Å². The highest BCUT2D eigenvalue weighted by atomic mass is 32.1. The molecule has 0 aliphatic heterocycles. The van der Waals surface area contributed by atoms with Crippen LogP contribution in [0.2, 0.25) is 0 Å². The Bertz CT molecular complexity index is 320. The molecule has 0 aliphatic carbocycles. The molecule has 1 heterocycles. The Balaban J connectivity index is 2.95. The topological polar surface area (TPSA) is 36.7 Å². The molecule has 0 aromatic carbocycles. The molecule has 76 valence electrons. The molecule has 1 aromatic rings. The van der Waals surface area contributed by atoms with Gasteiger partial charge in [-0.15, -0.1) is 0 Å². The van der Waals surface area contributed by atoms with Gasteiger partial charge in [0, 0.05) is 11.8 Å². The van der Waals surface area contributed by atoms with Crippen LogP contribution in [0.15, 0.2) is 18.3 Å². The Morgan fingerprint density at radius 2 is 2.07 bits per heavy atom. The van der Waals surface area contributed by atoms with E-state index in [0.29, 0.717) is 5.56 Å². The lowest BCUT2D eigenvalue weighted by Crippen LogP contribution is -2.08. The van der Waals surface area contributed by atoms with Gasteiger partial charge in [0.05, 0.1) is 0 Å². The van der Waals surface area contributed by atoms with Crippen LogP contribution in [0.4, 0.5) is 13.2 Å². The fourth-order valence-electron chi connectivity index (χ4n) is 0.882. The summed E-state index contributed by atoms with van der Waals surface area (Å²) in [5.41, 5.74) is -0.276. The molecule has 0 bridgehead atoms. The predicted molar refractivity (Wildman–Crippen MR) is 47.7 cm³/mol. The van der Waals surface area contributed by atoms with Gasteiger partial charge >= 0.3 is 17.7 Å². The summed E-state index contributed by atoms with van der Waals surface area (Å²) in [7, 11) is 0. The quantitative estimate of drug-likeness (QED) is 0.766. The Kier molecular flexibility index (Phi) is 3.15. The van der Waals surface area contributed by atoms with Crippen LogP contribution in [0, 0.1) is 4.78 Å². The number of rotatable bonds is 2. The first-order valence-electron chi connectivity index (χ1n) is 3.80. The van der Waals surface area contributed by atoms with Gasteiger partial charge in [-0.25, -0.2) is 0 Å². The van der Waals surface area contributed by atoms with E-state index in [1.807, 2.05) is 0 Å². The largest absolute Gasteiger partial charge is 0.433 e. The number of aromatic nitrogens is 1. The normalized spacial score (nSPS) is 13.7. The van der Waals surface area contributed by atoms with E-state index in [9.17, 15) is 13.2 Å². The number of pyridine rings is 1. The SMILES string of the molecule is CC([S+]=N)c1ccc(C(F)(F)F)nc1. The summed E-state index contributed by atoms with van der Waals surface area (Å²) < 4.78 is 43.3. The van der Waals surface area contributed by atoms with Crippen LogP contribution in [0.5, 0.6) is 0 Å². The lowest BCUT2D eigenvalue weighted by molar-refractivity contribution is -0.141. The Hall–Kier alpha value is -1.04. The zero-order chi connectivity index (χ0) is 10.8. The minimum atomic E-state index is -4.39. The first-order chi connectivity index (χ1) is 6.45. The van der Waals surface area contributed by atoms with Gasteiger partial charge in [0.25, 0.3) is 0 Å². The van der Waals surface area contributed by atoms with Crippen LogP contribution in [0.25, 0.3) is 0 Å². The van der Waals surface area contributed by atoms with Crippen molar-refractivity contribution >= 4 is 11.6 Å². The van der Waals surface area contributed by atoms with E-state index in [1.165, 1.54) is 6.07 Å². The van der Waals surface area contributed by atoms with E-state index in [4.69, 9.17) is 4.78 Å². The highest BCUT2D eigenvalue weighted by molar-refractivity contribution is 7.67. The fraction of sp³-hybridized carbons (Fsp3) is 0.375. The molecule has 1 rings (SSSR count). The summed E-state index contributed by atoms with van der Waals surface area (Å²) in [4.78, 5) is 3.30. The maximum absolute atomic E-state index is 12.1. The molecule has 0 aliphatic rings. The van der Waals surface area contributed by atoms with Gasteiger partial charge in [-0.05, 0) is 23.8 Å². The highest BCUT2D eigenvalue weighted by Crippen LogP contribution is 2.27. The van der Waals surface area contributed by atoms with Crippen LogP contribution in [-0.4, -0.2) is 4.98 Å². The average molecular weight is 221 g/mol. The second kappa shape index (κ2) is 4.00. The van der Waals surface area contributed by atoms with Gasteiger partial charge < -0.3 is 0 Å². The first kappa shape index (κ1) is 11.0. The molecule has 1 atom stereocenters. The predicted octanol–water partition coefficient (Wildman–Crippen LogP) is 3.01. The molecular weight excluding hydrogens is 213 g/mol. The van der Waals surface area contributed by atoms with Crippen LogP contribution < -0.4 is 0 Å². The molecule has 1 aromatic heterocycles. The van der Waals surface area contributed by atoms with Crippen molar-refractivity contribution < 1.29 is 13.2 Å². The minimum Gasteiger partial charge on any atom is -0.251 e. The number of nitrogens with zero attached hydrogens (tertiary/aromatic N) is 1. The van der Waals surface area contributed by atoms with Crippen molar-refractivity contribution in [3.05, 3.63) is 29.6 Å². The molecule has 0 spiro atoms. The van der Waals surface area contributed by atoms with E-state index in [1.54, 1.807) is 6.92 Å². The van der Waals surface area contributed by atoms with Crippen molar-refractivity contribution in [2.24, 2.45) is 0 Å². The third kappa shape index (κ3) is 2.47. The van der Waals surface area contributed by atoms with Crippen molar-refractivity contribution in [2.45, 2.75) is 18.3 Å². The van der Waals surface area contributed by atoms with E-state index >= 15 is 0 Å². The Morgan fingerprint density at radius 1 is 1.43 bits per heavy atom. The fourth-order valence-corrected chi connectivity index (χ4v) is 1.16. The summed E-state index contributed by atoms with van der Waals surface area (Å²) >= 11 is 0.820. The Labute approximate surface area is 83.1 Å². The molecule has 2 nitrogen and oxygen atoms in total. The van der Waals surface area contributed by atoms with Crippen molar-refractivity contribution in [3.63, 3.8) is 0 Å². The molecule has 0 amide bonds. The standard InChI is InChI=1S/C8H8F3N2S/c1-5(14-12)6-2-3-7(13-4-6)8(9,10)11/h2-5,12H,1H3/q+1. The first-order valence-corrected chi connectivity index (χ1v) is 4.68. The third-order valence-electron chi connectivity index (χ3n) is 1.72. The lowest BCUT2D eigenvalue weighted by atomic mass is 10.2. The second-order valence-corrected chi connectivity index (χ2v) is 3.68. The van der Waals surface area contributed by atoms with Crippen molar-refractivity contribution in [2.75, 3.05) is 0 Å². The number of nitrogens with one attached hydrogen (secondary N) is 1.